The van der Waals surface area contributed by atoms with Crippen molar-refractivity contribution in [2.45, 2.75) is 38.7 Å². The smallest absolute Gasteiger partial charge is 0.446 e. The highest BCUT2D eigenvalue weighted by Crippen LogP contribution is 2.46. The first-order chi connectivity index (χ1) is 7.73. The van der Waals surface area contributed by atoms with E-state index in [0.717, 1.165) is 5.56 Å². The predicted octanol–water partition coefficient (Wildman–Crippen LogP) is 3.86. The molecule has 17 heavy (non-hydrogen) atoms. The fourth-order valence-electron chi connectivity index (χ4n) is 1.54. The van der Waals surface area contributed by atoms with Gasteiger partial charge in [-0.05, 0) is 23.6 Å². The second-order valence-corrected chi connectivity index (χ2v) is 4.50. The molecule has 0 spiro atoms. The molecule has 0 radical (unpaired) electrons. The van der Waals surface area contributed by atoms with E-state index in [1.165, 1.54) is 12.1 Å². The first kappa shape index (κ1) is 12.1. The van der Waals surface area contributed by atoms with Gasteiger partial charge in [-0.25, -0.2) is 0 Å². The lowest BCUT2D eigenvalue weighted by Gasteiger charge is -2.35. The van der Waals surface area contributed by atoms with Crippen LogP contribution in [0.1, 0.15) is 32.3 Å². The Hall–Kier alpha value is -1.39. The first-order valence-electron chi connectivity index (χ1n) is 5.31. The molecule has 0 fully saturated rings. The highest BCUT2D eigenvalue weighted by Gasteiger charge is 2.60. The number of fused-ring (bicyclic) bond motifs is 1. The molecule has 0 aromatic heterocycles. The van der Waals surface area contributed by atoms with E-state index < -0.39 is 12.0 Å². The van der Waals surface area contributed by atoms with Crippen molar-refractivity contribution >= 4 is 0 Å². The Kier molecular flexibility index (Phi) is 2.52. The van der Waals surface area contributed by atoms with Crippen molar-refractivity contribution in [1.82, 2.24) is 0 Å². The van der Waals surface area contributed by atoms with Crippen molar-refractivity contribution in [3.05, 3.63) is 23.8 Å². The SMILES string of the molecule is CC(C)c1ccc2c(c1)OC(C)(F)C(F)(F)O2. The number of hydrogen-bond acceptors (Lipinski definition) is 2. The zero-order valence-electron chi connectivity index (χ0n) is 9.76. The van der Waals surface area contributed by atoms with Crippen molar-refractivity contribution in [2.24, 2.45) is 0 Å². The minimum atomic E-state index is -3.99. The van der Waals surface area contributed by atoms with E-state index in [4.69, 9.17) is 0 Å². The topological polar surface area (TPSA) is 18.5 Å². The van der Waals surface area contributed by atoms with E-state index in [1.807, 2.05) is 13.8 Å². The van der Waals surface area contributed by atoms with E-state index in [2.05, 4.69) is 9.47 Å². The van der Waals surface area contributed by atoms with Gasteiger partial charge in [0.15, 0.2) is 11.5 Å². The Morgan fingerprint density at radius 1 is 1.06 bits per heavy atom. The molecule has 1 aliphatic rings. The van der Waals surface area contributed by atoms with Gasteiger partial charge >= 0.3 is 12.0 Å². The Bertz CT molecular complexity index is 441. The predicted molar refractivity (Wildman–Crippen MR) is 56.2 cm³/mol. The van der Waals surface area contributed by atoms with E-state index in [9.17, 15) is 13.2 Å². The highest BCUT2D eigenvalue weighted by atomic mass is 19.3. The van der Waals surface area contributed by atoms with Crippen molar-refractivity contribution in [1.29, 1.82) is 0 Å². The number of alkyl halides is 3. The van der Waals surface area contributed by atoms with Gasteiger partial charge in [0, 0.05) is 6.92 Å². The molecule has 2 rings (SSSR count). The molecule has 94 valence electrons. The summed E-state index contributed by atoms with van der Waals surface area (Å²) in [6.07, 6.45) is -3.99. The standard InChI is InChI=1S/C12H13F3O2/c1-7(2)8-4-5-9-10(6-8)16-11(3,13)12(14,15)17-9/h4-7H,1-3H3. The molecule has 0 bridgehead atoms. The van der Waals surface area contributed by atoms with Gasteiger partial charge in [-0.1, -0.05) is 19.9 Å². The van der Waals surface area contributed by atoms with Gasteiger partial charge in [0.2, 0.25) is 0 Å². The number of rotatable bonds is 1. The van der Waals surface area contributed by atoms with E-state index in [1.54, 1.807) is 6.07 Å². The largest absolute Gasteiger partial charge is 0.471 e. The van der Waals surface area contributed by atoms with Crippen LogP contribution >= 0.6 is 0 Å². The molecule has 2 nitrogen and oxygen atoms in total. The minimum Gasteiger partial charge on any atom is -0.446 e. The summed E-state index contributed by atoms with van der Waals surface area (Å²) in [6.45, 7) is 4.53. The molecule has 1 heterocycles. The summed E-state index contributed by atoms with van der Waals surface area (Å²) in [4.78, 5) is 0. The lowest BCUT2D eigenvalue weighted by molar-refractivity contribution is -0.332. The maximum Gasteiger partial charge on any atom is 0.471 e. The van der Waals surface area contributed by atoms with Crippen LogP contribution in [0.15, 0.2) is 18.2 Å². The summed E-state index contributed by atoms with van der Waals surface area (Å²) >= 11 is 0. The van der Waals surface area contributed by atoms with Crippen LogP contribution < -0.4 is 9.47 Å². The summed E-state index contributed by atoms with van der Waals surface area (Å²) in [5.41, 5.74) is 0.869. The Morgan fingerprint density at radius 3 is 2.29 bits per heavy atom. The second-order valence-electron chi connectivity index (χ2n) is 4.50. The van der Waals surface area contributed by atoms with Crippen LogP contribution in [0.3, 0.4) is 0 Å². The molecule has 0 saturated heterocycles. The van der Waals surface area contributed by atoms with Crippen LogP contribution in [0.4, 0.5) is 13.2 Å². The summed E-state index contributed by atoms with van der Waals surface area (Å²) in [5.74, 6) is -3.10. The fraction of sp³-hybridized carbons (Fsp3) is 0.500. The molecule has 0 N–H and O–H groups in total. The van der Waals surface area contributed by atoms with Gasteiger partial charge < -0.3 is 9.47 Å². The van der Waals surface area contributed by atoms with Gasteiger partial charge in [0.1, 0.15) is 0 Å². The van der Waals surface area contributed by atoms with E-state index >= 15 is 0 Å². The zero-order chi connectivity index (χ0) is 12.8. The lowest BCUT2D eigenvalue weighted by Crippen LogP contribution is -2.53. The first-order valence-corrected chi connectivity index (χ1v) is 5.31. The molecule has 1 aromatic rings. The maximum atomic E-state index is 13.6. The average Bonchev–Trinajstić information content (AvgIpc) is 2.17. The molecule has 1 unspecified atom stereocenters. The van der Waals surface area contributed by atoms with Crippen molar-refractivity contribution < 1.29 is 22.6 Å². The van der Waals surface area contributed by atoms with Crippen LogP contribution in [0.2, 0.25) is 0 Å². The molecular weight excluding hydrogens is 233 g/mol. The lowest BCUT2D eigenvalue weighted by atomic mass is 10.0. The molecule has 0 saturated carbocycles. The average molecular weight is 246 g/mol. The molecule has 0 aliphatic carbocycles. The van der Waals surface area contributed by atoms with Gasteiger partial charge in [0.05, 0.1) is 0 Å². The summed E-state index contributed by atoms with van der Waals surface area (Å²) in [7, 11) is 0. The van der Waals surface area contributed by atoms with Crippen LogP contribution in [-0.4, -0.2) is 12.0 Å². The Balaban J connectivity index is 2.43. The molecule has 1 atom stereocenters. The maximum absolute atomic E-state index is 13.6. The van der Waals surface area contributed by atoms with E-state index in [0.29, 0.717) is 6.92 Å². The van der Waals surface area contributed by atoms with Crippen molar-refractivity contribution in [3.63, 3.8) is 0 Å². The summed E-state index contributed by atoms with van der Waals surface area (Å²) < 4.78 is 49.0. The fourth-order valence-corrected chi connectivity index (χ4v) is 1.54. The van der Waals surface area contributed by atoms with Crippen molar-refractivity contribution in [3.8, 4) is 11.5 Å². The number of hydrogen-bond donors (Lipinski definition) is 0. The zero-order valence-corrected chi connectivity index (χ0v) is 9.76. The summed E-state index contributed by atoms with van der Waals surface area (Å²) in [6, 6.07) is 4.55. The van der Waals surface area contributed by atoms with Crippen molar-refractivity contribution in [2.75, 3.05) is 0 Å². The molecular formula is C12H13F3O2. The second kappa shape index (κ2) is 3.55. The van der Waals surface area contributed by atoms with Gasteiger partial charge in [-0.3, -0.25) is 0 Å². The summed E-state index contributed by atoms with van der Waals surface area (Å²) in [5, 5.41) is 0. The Labute approximate surface area is 97.3 Å². The van der Waals surface area contributed by atoms with Crippen LogP contribution in [0, 0.1) is 0 Å². The van der Waals surface area contributed by atoms with Crippen LogP contribution in [-0.2, 0) is 0 Å². The third-order valence-electron chi connectivity index (χ3n) is 2.69. The highest BCUT2D eigenvalue weighted by molar-refractivity contribution is 5.45. The molecule has 5 heteroatoms. The molecule has 0 amide bonds. The number of halogens is 3. The van der Waals surface area contributed by atoms with Gasteiger partial charge in [0.25, 0.3) is 0 Å². The number of ether oxygens (including phenoxy) is 2. The quantitative estimate of drug-likeness (QED) is 0.749. The normalized spacial score (nSPS) is 26.1. The minimum absolute atomic E-state index is 0.00660. The third kappa shape index (κ3) is 1.94. The number of benzene rings is 1. The van der Waals surface area contributed by atoms with Gasteiger partial charge in [-0.2, -0.15) is 13.2 Å². The van der Waals surface area contributed by atoms with Gasteiger partial charge in [-0.15, -0.1) is 0 Å². The Morgan fingerprint density at radius 2 is 1.71 bits per heavy atom. The molecule has 1 aromatic carbocycles. The molecule has 1 aliphatic heterocycles. The van der Waals surface area contributed by atoms with Crippen LogP contribution in [0.5, 0.6) is 11.5 Å². The van der Waals surface area contributed by atoms with E-state index in [-0.39, 0.29) is 17.4 Å². The third-order valence-corrected chi connectivity index (χ3v) is 2.69. The van der Waals surface area contributed by atoms with Crippen LogP contribution in [0.25, 0.3) is 0 Å². The monoisotopic (exact) mass is 246 g/mol.